The molecule has 2 amide bonds. The van der Waals surface area contributed by atoms with Gasteiger partial charge in [-0.05, 0) is 42.5 Å². The molecule has 1 unspecified atom stereocenters. The molecule has 2 aliphatic heterocycles. The Morgan fingerprint density at radius 2 is 1.97 bits per heavy atom. The minimum absolute atomic E-state index is 0.0501. The average molecular weight is 494 g/mol. The van der Waals surface area contributed by atoms with Gasteiger partial charge in [-0.15, -0.1) is 0 Å². The molecule has 1 atom stereocenters. The predicted octanol–water partition coefficient (Wildman–Crippen LogP) is 1.82. The van der Waals surface area contributed by atoms with E-state index in [1.54, 1.807) is 0 Å². The molecule has 0 aliphatic carbocycles. The first-order chi connectivity index (χ1) is 14.3. The van der Waals surface area contributed by atoms with Crippen LogP contribution in [0.15, 0.2) is 51.8 Å². The van der Waals surface area contributed by atoms with Crippen molar-refractivity contribution in [2.75, 3.05) is 26.2 Å². The van der Waals surface area contributed by atoms with Gasteiger partial charge in [0.25, 0.3) is 5.91 Å². The monoisotopic (exact) mass is 493 g/mol. The van der Waals surface area contributed by atoms with Gasteiger partial charge in [0, 0.05) is 35.1 Å². The number of piperazine rings is 1. The van der Waals surface area contributed by atoms with Gasteiger partial charge in [-0.3, -0.25) is 9.59 Å². The summed E-state index contributed by atoms with van der Waals surface area (Å²) in [6.07, 6.45) is 0.638. The third kappa shape index (κ3) is 4.21. The summed E-state index contributed by atoms with van der Waals surface area (Å²) in [5.74, 6) is 0.111. The van der Waals surface area contributed by atoms with E-state index in [2.05, 4.69) is 26.6 Å². The van der Waals surface area contributed by atoms with Crippen LogP contribution in [-0.2, 0) is 14.8 Å². The van der Waals surface area contributed by atoms with Gasteiger partial charge in [-0.2, -0.15) is 4.31 Å². The van der Waals surface area contributed by atoms with Crippen LogP contribution in [0.4, 0.5) is 0 Å². The third-order valence-corrected chi connectivity index (χ3v) is 7.43. The summed E-state index contributed by atoms with van der Waals surface area (Å²) < 4.78 is 33.1. The molecule has 2 aromatic rings. The number of hydrogen-bond donors (Lipinski definition) is 2. The van der Waals surface area contributed by atoms with Crippen LogP contribution in [0, 0.1) is 0 Å². The van der Waals surface area contributed by atoms with Crippen molar-refractivity contribution in [1.29, 1.82) is 0 Å². The highest BCUT2D eigenvalue weighted by atomic mass is 79.9. The molecule has 2 aliphatic rings. The van der Waals surface area contributed by atoms with E-state index in [1.165, 1.54) is 24.3 Å². The fourth-order valence-corrected chi connectivity index (χ4v) is 5.28. The zero-order valence-electron chi connectivity index (χ0n) is 15.9. The zero-order chi connectivity index (χ0) is 21.3. The summed E-state index contributed by atoms with van der Waals surface area (Å²) in [6, 6.07) is 11.2. The molecule has 1 saturated heterocycles. The number of carbonyl (C=O) groups excluding carboxylic acids is 2. The minimum Gasteiger partial charge on any atom is -0.493 e. The second-order valence-electron chi connectivity index (χ2n) is 7.06. The quantitative estimate of drug-likeness (QED) is 0.675. The van der Waals surface area contributed by atoms with E-state index in [4.69, 9.17) is 4.74 Å². The van der Waals surface area contributed by atoms with Crippen molar-refractivity contribution in [3.05, 3.63) is 58.1 Å². The second-order valence-corrected chi connectivity index (χ2v) is 9.91. The fraction of sp³-hybridized carbons (Fsp3) is 0.300. The van der Waals surface area contributed by atoms with Crippen molar-refractivity contribution < 1.29 is 22.7 Å². The number of amides is 2. The highest BCUT2D eigenvalue weighted by Gasteiger charge is 2.29. The molecular formula is C20H20BrN3O5S. The summed E-state index contributed by atoms with van der Waals surface area (Å²) >= 11 is 3.44. The zero-order valence-corrected chi connectivity index (χ0v) is 18.3. The van der Waals surface area contributed by atoms with Crippen molar-refractivity contribution >= 4 is 37.8 Å². The van der Waals surface area contributed by atoms with Gasteiger partial charge in [0.1, 0.15) is 5.75 Å². The Kier molecular flexibility index (Phi) is 5.81. The smallest absolute Gasteiger partial charge is 0.251 e. The van der Waals surface area contributed by atoms with Crippen molar-refractivity contribution in [3.63, 3.8) is 0 Å². The maximum Gasteiger partial charge on any atom is 0.251 e. The molecule has 2 heterocycles. The number of fused-ring (bicyclic) bond motifs is 1. The third-order valence-electron chi connectivity index (χ3n) is 5.07. The van der Waals surface area contributed by atoms with Gasteiger partial charge in [0.05, 0.1) is 24.1 Å². The lowest BCUT2D eigenvalue weighted by atomic mass is 10.00. The number of benzene rings is 2. The first-order valence-electron chi connectivity index (χ1n) is 9.44. The maximum atomic E-state index is 12.7. The van der Waals surface area contributed by atoms with Crippen LogP contribution < -0.4 is 15.4 Å². The summed E-state index contributed by atoms with van der Waals surface area (Å²) in [7, 11) is -3.79. The molecule has 2 N–H and O–H groups in total. The lowest BCUT2D eigenvalue weighted by Crippen LogP contribution is -2.49. The molecule has 2 aromatic carbocycles. The van der Waals surface area contributed by atoms with E-state index in [0.29, 0.717) is 18.6 Å². The summed E-state index contributed by atoms with van der Waals surface area (Å²) in [5.41, 5.74) is 1.25. The Morgan fingerprint density at radius 3 is 2.70 bits per heavy atom. The van der Waals surface area contributed by atoms with Crippen LogP contribution in [0.2, 0.25) is 0 Å². The molecule has 0 bridgehead atoms. The SMILES string of the molecule is O=C1CN(S(=O)(=O)c2ccc(C(=O)NC3CCOc4ccc(Br)cc43)cc2)CCN1. The van der Waals surface area contributed by atoms with E-state index in [1.807, 2.05) is 18.2 Å². The Hall–Kier alpha value is -2.43. The predicted molar refractivity (Wildman–Crippen MR) is 113 cm³/mol. The molecule has 0 saturated carbocycles. The number of halogens is 1. The molecule has 0 spiro atoms. The largest absolute Gasteiger partial charge is 0.493 e. The molecule has 0 radical (unpaired) electrons. The van der Waals surface area contributed by atoms with E-state index in [9.17, 15) is 18.0 Å². The maximum absolute atomic E-state index is 12.7. The van der Waals surface area contributed by atoms with E-state index < -0.39 is 10.0 Å². The Balaban J connectivity index is 1.49. The first kappa shape index (κ1) is 20.8. The van der Waals surface area contributed by atoms with Crippen LogP contribution in [0.5, 0.6) is 5.75 Å². The standard InChI is InChI=1S/C20H20BrN3O5S/c21-14-3-6-18-16(11-14)17(7-10-29-18)23-20(26)13-1-4-15(5-2-13)30(27,28)24-9-8-22-19(25)12-24/h1-6,11,17H,7-10,12H2,(H,22,25)(H,23,26). The normalized spacial score (nSPS) is 19.4. The fourth-order valence-electron chi connectivity index (χ4n) is 3.50. The Bertz CT molecular complexity index is 1090. The van der Waals surface area contributed by atoms with Crippen LogP contribution in [0.1, 0.15) is 28.4 Å². The molecular weight excluding hydrogens is 474 g/mol. The van der Waals surface area contributed by atoms with Gasteiger partial charge in [0.15, 0.2) is 0 Å². The number of sulfonamides is 1. The molecule has 158 valence electrons. The lowest BCUT2D eigenvalue weighted by molar-refractivity contribution is -0.122. The molecule has 10 heteroatoms. The Morgan fingerprint density at radius 1 is 1.20 bits per heavy atom. The number of nitrogens with one attached hydrogen (secondary N) is 2. The van der Waals surface area contributed by atoms with Gasteiger partial charge in [-0.25, -0.2) is 8.42 Å². The van der Waals surface area contributed by atoms with Gasteiger partial charge in [0.2, 0.25) is 15.9 Å². The minimum atomic E-state index is -3.79. The highest BCUT2D eigenvalue weighted by molar-refractivity contribution is 9.10. The molecule has 8 nitrogen and oxygen atoms in total. The highest BCUT2D eigenvalue weighted by Crippen LogP contribution is 2.34. The first-order valence-corrected chi connectivity index (χ1v) is 11.7. The topological polar surface area (TPSA) is 105 Å². The number of carbonyl (C=O) groups is 2. The van der Waals surface area contributed by atoms with E-state index >= 15 is 0 Å². The molecule has 1 fully saturated rings. The lowest BCUT2D eigenvalue weighted by Gasteiger charge is -2.27. The summed E-state index contributed by atoms with van der Waals surface area (Å²) in [6.45, 7) is 0.791. The molecule has 0 aromatic heterocycles. The summed E-state index contributed by atoms with van der Waals surface area (Å²) in [4.78, 5) is 24.3. The van der Waals surface area contributed by atoms with Crippen LogP contribution in [0.25, 0.3) is 0 Å². The number of nitrogens with zero attached hydrogens (tertiary/aromatic N) is 1. The van der Waals surface area contributed by atoms with Crippen LogP contribution >= 0.6 is 15.9 Å². The summed E-state index contributed by atoms with van der Waals surface area (Å²) in [5, 5.41) is 5.59. The Labute approximate surface area is 182 Å². The second kappa shape index (κ2) is 8.37. The van der Waals surface area contributed by atoms with E-state index in [-0.39, 0.29) is 42.4 Å². The number of ether oxygens (including phenoxy) is 1. The molecule has 4 rings (SSSR count). The van der Waals surface area contributed by atoms with Crippen molar-refractivity contribution in [2.24, 2.45) is 0 Å². The van der Waals surface area contributed by atoms with Gasteiger partial charge >= 0.3 is 0 Å². The van der Waals surface area contributed by atoms with Crippen LogP contribution in [0.3, 0.4) is 0 Å². The number of rotatable bonds is 4. The van der Waals surface area contributed by atoms with E-state index in [0.717, 1.165) is 20.1 Å². The van der Waals surface area contributed by atoms with Crippen molar-refractivity contribution in [1.82, 2.24) is 14.9 Å². The van der Waals surface area contributed by atoms with Crippen LogP contribution in [-0.4, -0.2) is 50.8 Å². The molecule has 30 heavy (non-hydrogen) atoms. The number of hydrogen-bond acceptors (Lipinski definition) is 5. The van der Waals surface area contributed by atoms with Crippen molar-refractivity contribution in [2.45, 2.75) is 17.4 Å². The average Bonchev–Trinajstić information content (AvgIpc) is 2.74. The van der Waals surface area contributed by atoms with Gasteiger partial charge < -0.3 is 15.4 Å². The van der Waals surface area contributed by atoms with Crippen molar-refractivity contribution in [3.8, 4) is 5.75 Å². The van der Waals surface area contributed by atoms with Gasteiger partial charge in [-0.1, -0.05) is 15.9 Å².